The lowest BCUT2D eigenvalue weighted by molar-refractivity contribution is 1.09. The predicted molar refractivity (Wildman–Crippen MR) is 96.8 cm³/mol. The Bertz CT molecular complexity index is 765. The fourth-order valence-corrected chi connectivity index (χ4v) is 2.87. The number of hydrogen-bond acceptors (Lipinski definition) is 1. The van der Waals surface area contributed by atoms with E-state index in [4.69, 9.17) is 0 Å². The number of aryl methyl sites for hydroxylation is 1. The zero-order valence-electron chi connectivity index (χ0n) is 13.1. The average molecular weight is 287 g/mol. The van der Waals surface area contributed by atoms with E-state index in [2.05, 4.69) is 67.5 Å². The standard InChI is InChI=1S/C21H21N/c1-15(19-11-10-18-12-13-22-21(18)14-19)8-9-17(3)20-7-5-4-6-16(20)2/h4-7,10-11,13-14H,1,3,8-9,12H2,2H3. The van der Waals surface area contributed by atoms with Crippen molar-refractivity contribution >= 4 is 23.0 Å². The van der Waals surface area contributed by atoms with Gasteiger partial charge < -0.3 is 0 Å². The Kier molecular flexibility index (Phi) is 4.06. The molecule has 0 saturated carbocycles. The molecule has 0 atom stereocenters. The molecule has 3 rings (SSSR count). The highest BCUT2D eigenvalue weighted by Gasteiger charge is 2.09. The minimum Gasteiger partial charge on any atom is -0.261 e. The molecule has 1 heteroatoms. The Labute approximate surface area is 132 Å². The fourth-order valence-electron chi connectivity index (χ4n) is 2.87. The SMILES string of the molecule is C=C(CCC(=C)c1ccccc1C)c1ccc2c(c1)N=CC2. The summed E-state index contributed by atoms with van der Waals surface area (Å²) in [5.74, 6) is 0. The molecule has 0 bridgehead atoms. The lowest BCUT2D eigenvalue weighted by atomic mass is 9.94. The van der Waals surface area contributed by atoms with Gasteiger partial charge in [0.1, 0.15) is 0 Å². The molecule has 0 unspecified atom stereocenters. The highest BCUT2D eigenvalue weighted by molar-refractivity contribution is 5.79. The van der Waals surface area contributed by atoms with Crippen molar-refractivity contribution in [3.05, 3.63) is 77.9 Å². The first-order chi connectivity index (χ1) is 10.6. The molecule has 110 valence electrons. The maximum absolute atomic E-state index is 4.41. The summed E-state index contributed by atoms with van der Waals surface area (Å²) in [6.07, 6.45) is 4.78. The molecule has 1 heterocycles. The monoisotopic (exact) mass is 287 g/mol. The van der Waals surface area contributed by atoms with Crippen LogP contribution in [0.5, 0.6) is 0 Å². The van der Waals surface area contributed by atoms with Gasteiger partial charge in [-0.3, -0.25) is 4.99 Å². The highest BCUT2D eigenvalue weighted by Crippen LogP contribution is 2.31. The second-order valence-electron chi connectivity index (χ2n) is 5.88. The Morgan fingerprint density at radius 3 is 2.64 bits per heavy atom. The van der Waals surface area contributed by atoms with E-state index in [0.717, 1.165) is 30.5 Å². The van der Waals surface area contributed by atoms with Crippen LogP contribution < -0.4 is 0 Å². The van der Waals surface area contributed by atoms with E-state index in [1.807, 2.05) is 6.21 Å². The molecule has 1 aliphatic heterocycles. The van der Waals surface area contributed by atoms with Crippen LogP contribution in [0.25, 0.3) is 11.1 Å². The molecule has 1 nitrogen and oxygen atoms in total. The molecule has 0 spiro atoms. The molecule has 1 aliphatic rings. The van der Waals surface area contributed by atoms with E-state index in [0.29, 0.717) is 0 Å². The van der Waals surface area contributed by atoms with Crippen molar-refractivity contribution < 1.29 is 0 Å². The van der Waals surface area contributed by atoms with Crippen LogP contribution in [0.2, 0.25) is 0 Å². The summed E-state index contributed by atoms with van der Waals surface area (Å²) in [7, 11) is 0. The molecule has 0 amide bonds. The molecule has 2 aromatic rings. The summed E-state index contributed by atoms with van der Waals surface area (Å²) in [6.45, 7) is 10.6. The summed E-state index contributed by atoms with van der Waals surface area (Å²) < 4.78 is 0. The number of benzene rings is 2. The van der Waals surface area contributed by atoms with Crippen LogP contribution in [0.3, 0.4) is 0 Å². The van der Waals surface area contributed by atoms with Gasteiger partial charge in [0.05, 0.1) is 5.69 Å². The third-order valence-corrected chi connectivity index (χ3v) is 4.29. The van der Waals surface area contributed by atoms with Crippen LogP contribution in [0.4, 0.5) is 5.69 Å². The van der Waals surface area contributed by atoms with Gasteiger partial charge in [0.25, 0.3) is 0 Å². The second-order valence-corrected chi connectivity index (χ2v) is 5.88. The quantitative estimate of drug-likeness (QED) is 0.663. The lowest BCUT2D eigenvalue weighted by Crippen LogP contribution is -1.90. The van der Waals surface area contributed by atoms with Crippen molar-refractivity contribution in [2.45, 2.75) is 26.2 Å². The largest absolute Gasteiger partial charge is 0.261 e. The van der Waals surface area contributed by atoms with Crippen LogP contribution in [-0.4, -0.2) is 6.21 Å². The van der Waals surface area contributed by atoms with Crippen LogP contribution >= 0.6 is 0 Å². The van der Waals surface area contributed by atoms with E-state index in [-0.39, 0.29) is 0 Å². The Balaban J connectivity index is 1.66. The average Bonchev–Trinajstić information content (AvgIpc) is 3.00. The number of nitrogens with zero attached hydrogens (tertiary/aromatic N) is 1. The maximum Gasteiger partial charge on any atom is 0.0667 e. The first kappa shape index (κ1) is 14.5. The van der Waals surface area contributed by atoms with Gasteiger partial charge in [0.2, 0.25) is 0 Å². The molecule has 2 aromatic carbocycles. The van der Waals surface area contributed by atoms with Gasteiger partial charge in [0, 0.05) is 12.6 Å². The van der Waals surface area contributed by atoms with Gasteiger partial charge in [-0.05, 0) is 59.2 Å². The van der Waals surface area contributed by atoms with Gasteiger partial charge in [-0.15, -0.1) is 0 Å². The first-order valence-electron chi connectivity index (χ1n) is 7.72. The topological polar surface area (TPSA) is 12.4 Å². The third kappa shape index (κ3) is 2.94. The molecule has 0 saturated heterocycles. The Morgan fingerprint density at radius 2 is 1.82 bits per heavy atom. The number of fused-ring (bicyclic) bond motifs is 1. The van der Waals surface area contributed by atoms with Gasteiger partial charge in [-0.25, -0.2) is 0 Å². The molecular weight excluding hydrogens is 266 g/mol. The van der Waals surface area contributed by atoms with Gasteiger partial charge >= 0.3 is 0 Å². The molecular formula is C21H21N. The molecule has 0 radical (unpaired) electrons. The molecule has 22 heavy (non-hydrogen) atoms. The first-order valence-corrected chi connectivity index (χ1v) is 7.72. The summed E-state index contributed by atoms with van der Waals surface area (Å²) in [5.41, 5.74) is 8.46. The summed E-state index contributed by atoms with van der Waals surface area (Å²) in [6, 6.07) is 14.9. The summed E-state index contributed by atoms with van der Waals surface area (Å²) >= 11 is 0. The zero-order chi connectivity index (χ0) is 15.5. The predicted octanol–water partition coefficient (Wildman–Crippen LogP) is 5.76. The number of hydrogen-bond donors (Lipinski definition) is 0. The van der Waals surface area contributed by atoms with Crippen LogP contribution in [-0.2, 0) is 6.42 Å². The van der Waals surface area contributed by atoms with Crippen LogP contribution in [0.15, 0.2) is 60.6 Å². The van der Waals surface area contributed by atoms with E-state index >= 15 is 0 Å². The van der Waals surface area contributed by atoms with E-state index in [1.54, 1.807) is 0 Å². The summed E-state index contributed by atoms with van der Waals surface area (Å²) in [5, 5.41) is 0. The number of rotatable bonds is 5. The Hall–Kier alpha value is -2.41. The highest BCUT2D eigenvalue weighted by atomic mass is 14.7. The van der Waals surface area contributed by atoms with Crippen LogP contribution in [0, 0.1) is 6.92 Å². The molecule has 0 aliphatic carbocycles. The zero-order valence-corrected chi connectivity index (χ0v) is 13.1. The normalized spacial score (nSPS) is 12.2. The van der Waals surface area contributed by atoms with Crippen molar-refractivity contribution in [3.8, 4) is 0 Å². The third-order valence-electron chi connectivity index (χ3n) is 4.29. The smallest absolute Gasteiger partial charge is 0.0667 e. The number of allylic oxidation sites excluding steroid dienone is 2. The molecule has 0 N–H and O–H groups in total. The molecule has 0 aromatic heterocycles. The molecule has 0 fully saturated rings. The van der Waals surface area contributed by atoms with Crippen molar-refractivity contribution in [2.75, 3.05) is 0 Å². The van der Waals surface area contributed by atoms with Gasteiger partial charge in [-0.1, -0.05) is 49.6 Å². The van der Waals surface area contributed by atoms with Crippen molar-refractivity contribution in [1.29, 1.82) is 0 Å². The summed E-state index contributed by atoms with van der Waals surface area (Å²) in [4.78, 5) is 4.41. The minimum absolute atomic E-state index is 0.926. The van der Waals surface area contributed by atoms with E-state index in [9.17, 15) is 0 Å². The maximum atomic E-state index is 4.41. The van der Waals surface area contributed by atoms with Crippen LogP contribution in [0.1, 0.15) is 35.1 Å². The number of aliphatic imine (C=N–C) groups is 1. The van der Waals surface area contributed by atoms with Crippen molar-refractivity contribution in [2.24, 2.45) is 4.99 Å². The van der Waals surface area contributed by atoms with Gasteiger partial charge in [0.15, 0.2) is 0 Å². The van der Waals surface area contributed by atoms with E-state index in [1.165, 1.54) is 27.8 Å². The van der Waals surface area contributed by atoms with Crippen molar-refractivity contribution in [1.82, 2.24) is 0 Å². The second kappa shape index (κ2) is 6.15. The van der Waals surface area contributed by atoms with E-state index < -0.39 is 0 Å². The minimum atomic E-state index is 0.926. The van der Waals surface area contributed by atoms with Gasteiger partial charge in [-0.2, -0.15) is 0 Å². The Morgan fingerprint density at radius 1 is 1.05 bits per heavy atom. The lowest BCUT2D eigenvalue weighted by Gasteiger charge is -2.11. The fraction of sp³-hybridized carbons (Fsp3) is 0.190. The van der Waals surface area contributed by atoms with Crippen molar-refractivity contribution in [3.63, 3.8) is 0 Å².